The van der Waals surface area contributed by atoms with Crippen LogP contribution in [0.15, 0.2) is 42.5 Å². The monoisotopic (exact) mass is 340 g/mol. The van der Waals surface area contributed by atoms with Crippen LogP contribution in [0, 0.1) is 13.8 Å². The van der Waals surface area contributed by atoms with Crippen LogP contribution in [0.25, 0.3) is 0 Å². The number of methoxy groups -OCH3 is 1. The Labute approximate surface area is 146 Å². The number of Topliss-reactive ketones (excluding diaryl/α,β-unsaturated/α-hetero) is 1. The lowest BCUT2D eigenvalue weighted by Crippen LogP contribution is -2.24. The van der Waals surface area contributed by atoms with Crippen LogP contribution in [0.3, 0.4) is 0 Å². The summed E-state index contributed by atoms with van der Waals surface area (Å²) in [6.45, 7) is 5.43. The lowest BCUT2D eigenvalue weighted by Gasteiger charge is -2.13. The number of ether oxygens (including phenoxy) is 2. The summed E-state index contributed by atoms with van der Waals surface area (Å²) in [5.74, 6) is -1.37. The van der Waals surface area contributed by atoms with E-state index >= 15 is 0 Å². The molecule has 0 aliphatic heterocycles. The number of aryl methyl sites for hydroxylation is 2. The third-order valence-corrected chi connectivity index (χ3v) is 3.99. The van der Waals surface area contributed by atoms with Gasteiger partial charge in [0.1, 0.15) is 0 Å². The number of benzene rings is 2. The maximum Gasteiger partial charge on any atom is 0.338 e. The van der Waals surface area contributed by atoms with Gasteiger partial charge in [-0.3, -0.25) is 4.79 Å². The van der Waals surface area contributed by atoms with Crippen molar-refractivity contribution in [3.8, 4) is 0 Å². The molecule has 0 spiro atoms. The minimum absolute atomic E-state index is 0.257. The van der Waals surface area contributed by atoms with E-state index in [1.165, 1.54) is 38.3 Å². The molecule has 25 heavy (non-hydrogen) atoms. The lowest BCUT2D eigenvalue weighted by atomic mass is 10.0. The molecule has 0 saturated carbocycles. The van der Waals surface area contributed by atoms with Crippen molar-refractivity contribution in [2.75, 3.05) is 7.11 Å². The number of ketones is 1. The van der Waals surface area contributed by atoms with Crippen LogP contribution in [0.4, 0.5) is 0 Å². The van der Waals surface area contributed by atoms with Crippen LogP contribution in [-0.2, 0) is 9.47 Å². The van der Waals surface area contributed by atoms with Crippen molar-refractivity contribution in [3.63, 3.8) is 0 Å². The van der Waals surface area contributed by atoms with E-state index in [0.717, 1.165) is 11.1 Å². The summed E-state index contributed by atoms with van der Waals surface area (Å²) in [6, 6.07) is 11.2. The molecule has 0 amide bonds. The number of hydrogen-bond donors (Lipinski definition) is 0. The molecule has 2 aromatic rings. The number of carbonyl (C=O) groups is 3. The highest BCUT2D eigenvalue weighted by Gasteiger charge is 2.21. The first-order chi connectivity index (χ1) is 11.8. The summed E-state index contributed by atoms with van der Waals surface area (Å²) in [6.07, 6.45) is -0.908. The Morgan fingerprint density at radius 2 is 1.32 bits per heavy atom. The highest BCUT2D eigenvalue weighted by molar-refractivity contribution is 6.01. The SMILES string of the molecule is COC(=O)c1ccc(C(=O)O[C@H](C)C(=O)c2ccc(C)c(C)c2)cc1. The molecule has 0 N–H and O–H groups in total. The van der Waals surface area contributed by atoms with Gasteiger partial charge >= 0.3 is 11.9 Å². The summed E-state index contributed by atoms with van der Waals surface area (Å²) in [5.41, 5.74) is 3.19. The van der Waals surface area contributed by atoms with E-state index in [0.29, 0.717) is 11.1 Å². The molecule has 2 aromatic carbocycles. The van der Waals surface area contributed by atoms with E-state index < -0.39 is 18.0 Å². The second kappa shape index (κ2) is 7.75. The van der Waals surface area contributed by atoms with Gasteiger partial charge in [0.15, 0.2) is 6.10 Å². The van der Waals surface area contributed by atoms with Gasteiger partial charge in [0.25, 0.3) is 0 Å². The van der Waals surface area contributed by atoms with Crippen molar-refractivity contribution in [2.45, 2.75) is 26.9 Å². The van der Waals surface area contributed by atoms with Gasteiger partial charge in [0.05, 0.1) is 18.2 Å². The van der Waals surface area contributed by atoms with Crippen LogP contribution >= 0.6 is 0 Å². The molecule has 0 aliphatic rings. The van der Waals surface area contributed by atoms with E-state index in [2.05, 4.69) is 4.74 Å². The van der Waals surface area contributed by atoms with E-state index in [9.17, 15) is 14.4 Å². The first kappa shape index (κ1) is 18.4. The average molecular weight is 340 g/mol. The molecular formula is C20H20O5. The first-order valence-corrected chi connectivity index (χ1v) is 7.84. The van der Waals surface area contributed by atoms with Crippen LogP contribution in [0.2, 0.25) is 0 Å². The Kier molecular flexibility index (Phi) is 5.70. The molecule has 0 aromatic heterocycles. The minimum Gasteiger partial charge on any atom is -0.465 e. The molecular weight excluding hydrogens is 320 g/mol. The predicted molar refractivity (Wildman–Crippen MR) is 92.9 cm³/mol. The fourth-order valence-electron chi connectivity index (χ4n) is 2.27. The second-order valence-corrected chi connectivity index (χ2v) is 5.78. The second-order valence-electron chi connectivity index (χ2n) is 5.78. The molecule has 0 saturated heterocycles. The third-order valence-electron chi connectivity index (χ3n) is 3.99. The summed E-state index contributed by atoms with van der Waals surface area (Å²) < 4.78 is 9.84. The first-order valence-electron chi connectivity index (χ1n) is 7.84. The maximum absolute atomic E-state index is 12.4. The molecule has 5 nitrogen and oxygen atoms in total. The van der Waals surface area contributed by atoms with E-state index in [-0.39, 0.29) is 11.3 Å². The van der Waals surface area contributed by atoms with Gasteiger partial charge in [-0.25, -0.2) is 9.59 Å². The standard InChI is InChI=1S/C20H20O5/c1-12-5-6-17(11-13(12)2)18(21)14(3)25-20(23)16-9-7-15(8-10-16)19(22)24-4/h5-11,14H,1-4H3/t14-/m1/s1. The number of carbonyl (C=O) groups excluding carboxylic acids is 3. The molecule has 0 unspecified atom stereocenters. The predicted octanol–water partition coefficient (Wildman–Crippen LogP) is 3.52. The quantitative estimate of drug-likeness (QED) is 0.615. The number of hydrogen-bond acceptors (Lipinski definition) is 5. The Morgan fingerprint density at radius 3 is 1.84 bits per heavy atom. The summed E-state index contributed by atoms with van der Waals surface area (Å²) in [5, 5.41) is 0. The molecule has 0 heterocycles. The van der Waals surface area contributed by atoms with E-state index in [4.69, 9.17) is 4.74 Å². The Morgan fingerprint density at radius 1 is 0.800 bits per heavy atom. The van der Waals surface area contributed by atoms with Gasteiger partial charge in [-0.2, -0.15) is 0 Å². The smallest absolute Gasteiger partial charge is 0.338 e. The largest absolute Gasteiger partial charge is 0.465 e. The van der Waals surface area contributed by atoms with Crippen LogP contribution < -0.4 is 0 Å². The van der Waals surface area contributed by atoms with Gasteiger partial charge in [-0.15, -0.1) is 0 Å². The van der Waals surface area contributed by atoms with E-state index in [1.807, 2.05) is 19.9 Å². The molecule has 5 heteroatoms. The van der Waals surface area contributed by atoms with Gasteiger partial charge in [0, 0.05) is 5.56 Å². The van der Waals surface area contributed by atoms with Crippen molar-refractivity contribution in [3.05, 3.63) is 70.3 Å². The van der Waals surface area contributed by atoms with Crippen molar-refractivity contribution >= 4 is 17.7 Å². The Hall–Kier alpha value is -2.95. The zero-order valence-corrected chi connectivity index (χ0v) is 14.7. The topological polar surface area (TPSA) is 69.7 Å². The van der Waals surface area contributed by atoms with Crippen molar-refractivity contribution < 1.29 is 23.9 Å². The third kappa shape index (κ3) is 4.32. The fraction of sp³-hybridized carbons (Fsp3) is 0.250. The zero-order chi connectivity index (χ0) is 18.6. The summed E-state index contributed by atoms with van der Waals surface area (Å²) in [7, 11) is 1.28. The molecule has 0 radical (unpaired) electrons. The lowest BCUT2D eigenvalue weighted by molar-refractivity contribution is 0.0318. The van der Waals surface area contributed by atoms with Crippen LogP contribution in [0.5, 0.6) is 0 Å². The van der Waals surface area contributed by atoms with E-state index in [1.54, 1.807) is 12.1 Å². The fourth-order valence-corrected chi connectivity index (χ4v) is 2.27. The molecule has 1 atom stereocenters. The molecule has 130 valence electrons. The van der Waals surface area contributed by atoms with Crippen molar-refractivity contribution in [1.82, 2.24) is 0 Å². The highest BCUT2D eigenvalue weighted by Crippen LogP contribution is 2.14. The zero-order valence-electron chi connectivity index (χ0n) is 14.7. The number of esters is 2. The molecule has 0 aliphatic carbocycles. The Balaban J connectivity index is 2.07. The molecule has 0 bridgehead atoms. The molecule has 0 fully saturated rings. The highest BCUT2D eigenvalue weighted by atomic mass is 16.5. The van der Waals surface area contributed by atoms with Gasteiger partial charge < -0.3 is 9.47 Å². The van der Waals surface area contributed by atoms with Crippen molar-refractivity contribution in [2.24, 2.45) is 0 Å². The normalized spacial score (nSPS) is 11.5. The van der Waals surface area contributed by atoms with Crippen LogP contribution in [-0.4, -0.2) is 30.9 Å². The molecule has 2 rings (SSSR count). The van der Waals surface area contributed by atoms with Gasteiger partial charge in [0.2, 0.25) is 5.78 Å². The van der Waals surface area contributed by atoms with Gasteiger partial charge in [-0.1, -0.05) is 12.1 Å². The van der Waals surface area contributed by atoms with Crippen molar-refractivity contribution in [1.29, 1.82) is 0 Å². The summed E-state index contributed by atoms with van der Waals surface area (Å²) in [4.78, 5) is 36.0. The Bertz CT molecular complexity index is 805. The maximum atomic E-state index is 12.4. The van der Waals surface area contributed by atoms with Crippen LogP contribution in [0.1, 0.15) is 49.1 Å². The average Bonchev–Trinajstić information content (AvgIpc) is 2.62. The minimum atomic E-state index is -0.908. The summed E-state index contributed by atoms with van der Waals surface area (Å²) >= 11 is 0. The number of rotatable bonds is 5. The van der Waals surface area contributed by atoms with Gasteiger partial charge in [-0.05, 0) is 62.2 Å².